The molecule has 1 saturated heterocycles. The summed E-state index contributed by atoms with van der Waals surface area (Å²) in [5.74, 6) is -0.627. The van der Waals surface area contributed by atoms with E-state index in [1.54, 1.807) is 0 Å². The molecule has 1 aliphatic heterocycles. The van der Waals surface area contributed by atoms with Crippen molar-refractivity contribution in [1.82, 2.24) is 10.2 Å². The molecule has 3 fully saturated rings. The normalized spacial score (nSPS) is 27.9. The number of amides is 4. The van der Waals surface area contributed by atoms with Crippen molar-refractivity contribution in [1.29, 1.82) is 0 Å². The molecular weight excluding hydrogens is 416 g/mol. The summed E-state index contributed by atoms with van der Waals surface area (Å²) in [7, 11) is 1.36. The number of fused-ring (bicyclic) bond motifs is 2. The van der Waals surface area contributed by atoms with Crippen LogP contribution in [0.5, 0.6) is 0 Å². The Hall–Kier alpha value is -2.22. The number of nitrogens with one attached hydrogen (secondary N) is 1. The van der Waals surface area contributed by atoms with Crippen LogP contribution in [0, 0.1) is 35.3 Å². The van der Waals surface area contributed by atoms with Gasteiger partial charge in [0.25, 0.3) is 0 Å². The minimum Gasteiger partial charge on any atom is -0.369 e. The lowest BCUT2D eigenvalue weighted by Crippen LogP contribution is -2.38. The van der Waals surface area contributed by atoms with Crippen LogP contribution in [0.2, 0.25) is 5.02 Å². The molecule has 4 amide bonds. The monoisotopic (exact) mass is 441 g/mol. The zero-order valence-corrected chi connectivity index (χ0v) is 17.6. The second kappa shape index (κ2) is 9.29. The summed E-state index contributed by atoms with van der Waals surface area (Å²) in [6, 6.07) is 2.07. The highest BCUT2D eigenvalue weighted by Gasteiger charge is 2.40. The molecule has 9 heteroatoms. The topological polar surface area (TPSA) is 92.5 Å². The van der Waals surface area contributed by atoms with Crippen LogP contribution in [-0.2, 0) is 16.0 Å². The van der Waals surface area contributed by atoms with Crippen LogP contribution in [-0.4, -0.2) is 36.3 Å². The van der Waals surface area contributed by atoms with E-state index in [1.165, 1.54) is 38.4 Å². The first-order valence-corrected chi connectivity index (χ1v) is 10.5. The number of carbonyl (C=O) groups is 3. The third kappa shape index (κ3) is 4.91. The lowest BCUT2D eigenvalue weighted by molar-refractivity contribution is -0.131. The van der Waals surface area contributed by atoms with Crippen LogP contribution in [0.15, 0.2) is 12.1 Å². The van der Waals surface area contributed by atoms with E-state index < -0.39 is 29.5 Å². The summed E-state index contributed by atoms with van der Waals surface area (Å²) in [5.41, 5.74) is 5.22. The van der Waals surface area contributed by atoms with E-state index in [0.29, 0.717) is 18.3 Å². The molecule has 30 heavy (non-hydrogen) atoms. The number of imide groups is 1. The summed E-state index contributed by atoms with van der Waals surface area (Å²) < 4.78 is 27.4. The van der Waals surface area contributed by atoms with Crippen molar-refractivity contribution in [2.45, 2.75) is 38.5 Å². The Labute approximate surface area is 179 Å². The van der Waals surface area contributed by atoms with Gasteiger partial charge >= 0.3 is 6.03 Å². The fraction of sp³-hybridized carbons (Fsp3) is 0.571. The molecule has 4 rings (SSSR count). The average Bonchev–Trinajstić information content (AvgIpc) is 3.30. The van der Waals surface area contributed by atoms with E-state index >= 15 is 0 Å². The van der Waals surface area contributed by atoms with E-state index in [1.807, 2.05) is 0 Å². The van der Waals surface area contributed by atoms with E-state index in [2.05, 4.69) is 5.32 Å². The Kier molecular flexibility index (Phi) is 6.95. The number of benzene rings is 1. The van der Waals surface area contributed by atoms with Crippen molar-refractivity contribution in [2.75, 3.05) is 13.6 Å². The molecule has 2 bridgehead atoms. The molecule has 0 spiro atoms. The Morgan fingerprint density at radius 1 is 1.27 bits per heavy atom. The number of nitrogens with zero attached hydrogens (tertiary/aromatic N) is 1. The number of hydrogen-bond donors (Lipinski definition) is 2. The molecule has 0 aromatic heterocycles. The van der Waals surface area contributed by atoms with Gasteiger partial charge in [0, 0.05) is 25.6 Å². The molecule has 0 radical (unpaired) electrons. The van der Waals surface area contributed by atoms with Gasteiger partial charge in [0.15, 0.2) is 0 Å². The maximum atomic E-state index is 13.8. The Morgan fingerprint density at radius 3 is 2.60 bits per heavy atom. The molecule has 4 unspecified atom stereocenters. The maximum Gasteiger partial charge on any atom is 0.323 e. The number of nitrogens with two attached hydrogens (primary N) is 1. The van der Waals surface area contributed by atoms with Gasteiger partial charge in [0.1, 0.15) is 11.6 Å². The Balaban J connectivity index is 0.000000178. The zero-order valence-electron chi connectivity index (χ0n) is 16.8. The van der Waals surface area contributed by atoms with Crippen molar-refractivity contribution in [3.05, 3.63) is 34.4 Å². The number of primary amides is 1. The molecule has 1 aromatic rings. The molecule has 164 valence electrons. The average molecular weight is 442 g/mol. The van der Waals surface area contributed by atoms with Gasteiger partial charge in [-0.05, 0) is 55.6 Å². The minimum atomic E-state index is -0.596. The van der Waals surface area contributed by atoms with Gasteiger partial charge in [-0.3, -0.25) is 14.5 Å². The van der Waals surface area contributed by atoms with E-state index in [0.717, 1.165) is 17.2 Å². The van der Waals surface area contributed by atoms with Gasteiger partial charge in [-0.25, -0.2) is 13.6 Å². The molecule has 3 aliphatic rings. The van der Waals surface area contributed by atoms with E-state index in [4.69, 9.17) is 17.3 Å². The largest absolute Gasteiger partial charge is 0.369 e. The fourth-order valence-electron chi connectivity index (χ4n) is 4.71. The summed E-state index contributed by atoms with van der Waals surface area (Å²) in [6.07, 6.45) is 5.44. The number of hydrogen-bond acceptors (Lipinski definition) is 3. The maximum absolute atomic E-state index is 13.8. The van der Waals surface area contributed by atoms with Crippen molar-refractivity contribution >= 4 is 29.4 Å². The molecular formula is C21H26ClF2N3O3. The van der Waals surface area contributed by atoms with Crippen molar-refractivity contribution in [3.63, 3.8) is 0 Å². The van der Waals surface area contributed by atoms with Gasteiger partial charge in [0.05, 0.1) is 10.9 Å². The summed E-state index contributed by atoms with van der Waals surface area (Å²) in [6.45, 7) is 0.129. The zero-order chi connectivity index (χ0) is 22.0. The minimum absolute atomic E-state index is 0.00935. The molecule has 1 heterocycles. The van der Waals surface area contributed by atoms with Gasteiger partial charge in [-0.15, -0.1) is 0 Å². The van der Waals surface area contributed by atoms with Crippen LogP contribution in [0.4, 0.5) is 13.6 Å². The second-order valence-corrected chi connectivity index (χ2v) is 8.81. The second-order valence-electron chi connectivity index (χ2n) is 8.40. The summed E-state index contributed by atoms with van der Waals surface area (Å²) in [4.78, 5) is 33.9. The Bertz CT molecular complexity index is 851. The summed E-state index contributed by atoms with van der Waals surface area (Å²) in [5, 5.41) is 2.45. The smallest absolute Gasteiger partial charge is 0.323 e. The molecule has 3 N–H and O–H groups in total. The van der Waals surface area contributed by atoms with Crippen LogP contribution in [0.3, 0.4) is 0 Å². The molecule has 2 saturated carbocycles. The van der Waals surface area contributed by atoms with Gasteiger partial charge in [-0.2, -0.15) is 0 Å². The number of carbonyl (C=O) groups excluding carboxylic acids is 3. The number of urea groups is 1. The summed E-state index contributed by atoms with van der Waals surface area (Å²) >= 11 is 5.71. The predicted molar refractivity (Wildman–Crippen MR) is 107 cm³/mol. The quantitative estimate of drug-likeness (QED) is 0.705. The lowest BCUT2D eigenvalue weighted by Gasteiger charge is -2.22. The van der Waals surface area contributed by atoms with Crippen LogP contribution in [0.25, 0.3) is 0 Å². The number of rotatable bonds is 3. The lowest BCUT2D eigenvalue weighted by atomic mass is 9.84. The first-order chi connectivity index (χ1) is 14.2. The van der Waals surface area contributed by atoms with Gasteiger partial charge in [0.2, 0.25) is 11.8 Å². The van der Waals surface area contributed by atoms with Gasteiger partial charge < -0.3 is 11.1 Å². The fourth-order valence-corrected chi connectivity index (χ4v) is 4.89. The van der Waals surface area contributed by atoms with E-state index in [-0.39, 0.29) is 29.5 Å². The third-order valence-corrected chi connectivity index (χ3v) is 6.78. The van der Waals surface area contributed by atoms with E-state index in [9.17, 15) is 23.2 Å². The first kappa shape index (κ1) is 22.5. The highest BCUT2D eigenvalue weighted by molar-refractivity contribution is 6.30. The van der Waals surface area contributed by atoms with Crippen molar-refractivity contribution in [3.8, 4) is 0 Å². The SMILES string of the molecule is CN1C(=O)CC(C(N)=O)CNC1=O.Fc1ccc(Cl)c(F)c1CC1CC2CCC1C2. The van der Waals surface area contributed by atoms with Crippen LogP contribution >= 0.6 is 11.6 Å². The highest BCUT2D eigenvalue weighted by atomic mass is 35.5. The first-order valence-electron chi connectivity index (χ1n) is 10.1. The van der Waals surface area contributed by atoms with Crippen molar-refractivity contribution < 1.29 is 23.2 Å². The molecule has 2 aliphatic carbocycles. The Morgan fingerprint density at radius 2 is 2.00 bits per heavy atom. The molecule has 1 aromatic carbocycles. The molecule has 4 atom stereocenters. The molecule has 6 nitrogen and oxygen atoms in total. The van der Waals surface area contributed by atoms with Gasteiger partial charge in [-0.1, -0.05) is 18.0 Å². The van der Waals surface area contributed by atoms with Crippen molar-refractivity contribution in [2.24, 2.45) is 29.4 Å². The number of halogens is 3. The highest BCUT2D eigenvalue weighted by Crippen LogP contribution is 2.49. The van der Waals surface area contributed by atoms with Crippen LogP contribution < -0.4 is 11.1 Å². The predicted octanol–water partition coefficient (Wildman–Crippen LogP) is 3.26. The third-order valence-electron chi connectivity index (χ3n) is 6.49. The standard InChI is InChI=1S/C14H15ClF2.C7H11N3O3/c15-12-3-4-13(16)11(14(12)17)7-10-6-8-1-2-9(10)5-8;1-10-5(11)2-4(6(8)12)3-9-7(10)13/h3-4,8-10H,1-2,5-7H2;4H,2-3H2,1H3,(H2,8,12)(H,9,13). The van der Waals surface area contributed by atoms with Crippen LogP contribution in [0.1, 0.15) is 37.7 Å².